The van der Waals surface area contributed by atoms with Gasteiger partial charge in [0.15, 0.2) is 6.23 Å². The summed E-state index contributed by atoms with van der Waals surface area (Å²) in [5.74, 6) is -6.86. The van der Waals surface area contributed by atoms with Gasteiger partial charge in [-0.1, -0.05) is 4.52 Å². The van der Waals surface area contributed by atoms with Crippen molar-refractivity contribution >= 4 is 25.8 Å². The number of hydrogen-bond acceptors (Lipinski definition) is 18. The molecule has 21 heteroatoms. The number of nitrogen functional groups attached to an aromatic ring is 1. The SMILES string of the molecule is NCC(=O)C[C@H]1C([C@H](O)[C@H](O)CO)O[C@](O[P+](=O)OC[C@H]2O[C@@H](n3ccc(N)nc3=O)C(O)[C@H]2O)(C(=O)O)C[C@H]1O.[OH-]. The van der Waals surface area contributed by atoms with Crippen LogP contribution in [0.2, 0.25) is 0 Å². The van der Waals surface area contributed by atoms with Gasteiger partial charge in [0, 0.05) is 29.5 Å². The Morgan fingerprint density at radius 1 is 1.26 bits per heavy atom. The van der Waals surface area contributed by atoms with Crippen molar-refractivity contribution in [2.24, 2.45) is 11.7 Å². The van der Waals surface area contributed by atoms with E-state index >= 15 is 0 Å². The van der Waals surface area contributed by atoms with E-state index in [-0.39, 0.29) is 11.3 Å². The lowest BCUT2D eigenvalue weighted by Crippen LogP contribution is -2.61. The highest BCUT2D eigenvalue weighted by atomic mass is 31.1. The van der Waals surface area contributed by atoms with E-state index in [0.29, 0.717) is 0 Å². The Labute approximate surface area is 237 Å². The topological polar surface area (TPSA) is 347 Å². The molecule has 3 heterocycles. The van der Waals surface area contributed by atoms with Gasteiger partial charge in [-0.05, 0) is 6.07 Å². The zero-order valence-electron chi connectivity index (χ0n) is 21.7. The van der Waals surface area contributed by atoms with E-state index in [4.69, 9.17) is 30.0 Å². The molecule has 0 radical (unpaired) electrons. The van der Waals surface area contributed by atoms with Crippen molar-refractivity contribution in [1.82, 2.24) is 9.55 Å². The Bertz CT molecular complexity index is 1170. The average Bonchev–Trinajstić information content (AvgIpc) is 3.20. The van der Waals surface area contributed by atoms with Crippen LogP contribution in [-0.2, 0) is 32.7 Å². The molecular weight excluding hydrogens is 595 g/mol. The number of hydrogen-bond donors (Lipinski definition) is 9. The number of Topliss-reactive ketones (excluding diaryl/α,β-unsaturated/α-hetero) is 1. The highest BCUT2D eigenvalue weighted by Gasteiger charge is 2.60. The fourth-order valence-electron chi connectivity index (χ4n) is 4.48. The van der Waals surface area contributed by atoms with Crippen molar-refractivity contribution < 1.29 is 73.9 Å². The molecule has 3 unspecified atom stereocenters. The first-order valence-corrected chi connectivity index (χ1v) is 13.3. The Balaban J connectivity index is 0.00000616. The minimum absolute atomic E-state index is 0. The third-order valence-corrected chi connectivity index (χ3v) is 7.49. The number of nitrogens with zero attached hydrogens (tertiary/aromatic N) is 2. The van der Waals surface area contributed by atoms with Gasteiger partial charge in [-0.3, -0.25) is 9.36 Å². The maximum atomic E-state index is 12.7. The van der Waals surface area contributed by atoms with Crippen molar-refractivity contribution in [2.45, 2.75) is 67.6 Å². The van der Waals surface area contributed by atoms with E-state index in [1.54, 1.807) is 0 Å². The van der Waals surface area contributed by atoms with Crippen LogP contribution in [0, 0.1) is 5.92 Å². The third-order valence-electron chi connectivity index (χ3n) is 6.68. The highest BCUT2D eigenvalue weighted by Crippen LogP contribution is 2.44. The Hall–Kier alpha value is -2.56. The van der Waals surface area contributed by atoms with Gasteiger partial charge in [-0.25, -0.2) is 9.59 Å². The number of aliphatic hydroxyl groups excluding tert-OH is 6. The number of ether oxygens (including phenoxy) is 2. The number of ketones is 1. The van der Waals surface area contributed by atoms with E-state index in [0.717, 1.165) is 10.8 Å². The average molecular weight is 628 g/mol. The number of carbonyl (C=O) groups excluding carboxylic acids is 1. The van der Waals surface area contributed by atoms with Crippen LogP contribution in [-0.4, -0.2) is 131 Å². The summed E-state index contributed by atoms with van der Waals surface area (Å²) in [6.45, 7) is -2.21. The molecule has 2 aliphatic rings. The molecule has 11 atom stereocenters. The molecule has 0 aromatic carbocycles. The van der Waals surface area contributed by atoms with Crippen LogP contribution in [0.4, 0.5) is 5.82 Å². The van der Waals surface area contributed by atoms with Crippen molar-refractivity contribution in [2.75, 3.05) is 25.5 Å². The molecular formula is C21H33N4O16P. The summed E-state index contributed by atoms with van der Waals surface area (Å²) in [4.78, 5) is 39.7. The van der Waals surface area contributed by atoms with E-state index < -0.39 is 119 Å². The standard InChI is InChI=1S/C21H31N4O15P.H2O/c22-5-8(27)3-9-10(28)4-21(19(33)34,39-17(9)14(30)11(29)6-26)40-41(36)37-7-12-15(31)16(32)18(38-12)25-2-1-13(23)24-20(25)35;/h1-2,9-12,14-18,26,28-32H,3-7,22H2,(H2-,23,24,33,34,35);1H2/t9-,10-,11-,12-,14-,15+,16?,17?,18-,21-;/m1./s1. The zero-order valence-corrected chi connectivity index (χ0v) is 22.6. The monoisotopic (exact) mass is 628 g/mol. The quantitative estimate of drug-likeness (QED) is 0.0924. The maximum absolute atomic E-state index is 12.7. The fourth-order valence-corrected chi connectivity index (χ4v) is 5.24. The normalized spacial score (nSPS) is 32.9. The molecule has 0 amide bonds. The Morgan fingerprint density at radius 2 is 1.93 bits per heavy atom. The van der Waals surface area contributed by atoms with Gasteiger partial charge in [0.2, 0.25) is 0 Å². The van der Waals surface area contributed by atoms with Crippen LogP contribution >= 0.6 is 8.25 Å². The van der Waals surface area contributed by atoms with Crippen LogP contribution in [0.5, 0.6) is 0 Å². The smallest absolute Gasteiger partial charge is 0.701 e. The van der Waals surface area contributed by atoms with Gasteiger partial charge in [-0.15, -0.1) is 4.52 Å². The molecule has 2 aliphatic heterocycles. The fraction of sp³-hybridized carbons (Fsp3) is 0.714. The van der Waals surface area contributed by atoms with Gasteiger partial charge in [0.25, 0.3) is 0 Å². The van der Waals surface area contributed by atoms with Crippen molar-refractivity contribution in [1.29, 1.82) is 0 Å². The predicted octanol–water partition coefficient (Wildman–Crippen LogP) is -4.86. The molecule has 0 saturated carbocycles. The van der Waals surface area contributed by atoms with Crippen LogP contribution in [0.25, 0.3) is 0 Å². The van der Waals surface area contributed by atoms with Gasteiger partial charge in [0.05, 0.1) is 25.4 Å². The first-order chi connectivity index (χ1) is 19.2. The minimum Gasteiger partial charge on any atom is -0.870 e. The molecule has 1 aromatic heterocycles. The van der Waals surface area contributed by atoms with Gasteiger partial charge in [0.1, 0.15) is 48.7 Å². The van der Waals surface area contributed by atoms with Crippen molar-refractivity contribution in [3.63, 3.8) is 0 Å². The number of carboxylic acids is 1. The van der Waals surface area contributed by atoms with Crippen LogP contribution in [0.15, 0.2) is 17.1 Å². The third kappa shape index (κ3) is 7.68. The van der Waals surface area contributed by atoms with Crippen LogP contribution in [0.1, 0.15) is 19.1 Å². The summed E-state index contributed by atoms with van der Waals surface area (Å²) in [7, 11) is -3.44. The molecule has 0 spiro atoms. The Kier molecular flexibility index (Phi) is 12.5. The number of nitrogens with two attached hydrogens (primary N) is 2. The summed E-state index contributed by atoms with van der Waals surface area (Å²) in [6, 6.07) is 1.24. The number of aliphatic carboxylic acids is 1. The number of carbonyl (C=O) groups is 2. The molecule has 12 N–H and O–H groups in total. The molecule has 0 bridgehead atoms. The second-order valence-electron chi connectivity index (χ2n) is 9.46. The second kappa shape index (κ2) is 14.8. The molecule has 0 aliphatic carbocycles. The molecule has 1 aromatic rings. The lowest BCUT2D eigenvalue weighted by Gasteiger charge is -2.44. The zero-order chi connectivity index (χ0) is 30.6. The predicted molar refractivity (Wildman–Crippen MR) is 133 cm³/mol. The minimum atomic E-state index is -3.44. The molecule has 238 valence electrons. The van der Waals surface area contributed by atoms with Crippen molar-refractivity contribution in [3.05, 3.63) is 22.7 Å². The summed E-state index contributed by atoms with van der Waals surface area (Å²) >= 11 is 0. The van der Waals surface area contributed by atoms with E-state index in [9.17, 15) is 54.7 Å². The number of carboxylic acid groups (broad SMARTS) is 1. The molecule has 2 fully saturated rings. The van der Waals surface area contributed by atoms with Crippen molar-refractivity contribution in [3.8, 4) is 0 Å². The number of anilines is 1. The van der Waals surface area contributed by atoms with Crippen LogP contribution < -0.4 is 17.2 Å². The lowest BCUT2D eigenvalue weighted by molar-refractivity contribution is -0.294. The second-order valence-corrected chi connectivity index (χ2v) is 10.4. The lowest BCUT2D eigenvalue weighted by atomic mass is 9.80. The number of aliphatic hydroxyl groups is 6. The van der Waals surface area contributed by atoms with E-state index in [1.807, 2.05) is 0 Å². The summed E-state index contributed by atoms with van der Waals surface area (Å²) in [6.07, 6.45) is -13.9. The first kappa shape index (κ1) is 35.6. The molecule has 20 nitrogen and oxygen atoms in total. The van der Waals surface area contributed by atoms with Crippen LogP contribution in [0.3, 0.4) is 0 Å². The first-order valence-electron chi connectivity index (χ1n) is 12.2. The summed E-state index contributed by atoms with van der Waals surface area (Å²) in [5, 5.41) is 70.8. The highest BCUT2D eigenvalue weighted by molar-refractivity contribution is 7.33. The Morgan fingerprint density at radius 3 is 2.50 bits per heavy atom. The molecule has 3 rings (SSSR count). The summed E-state index contributed by atoms with van der Waals surface area (Å²) < 4.78 is 34.3. The van der Waals surface area contributed by atoms with E-state index in [2.05, 4.69) is 4.98 Å². The van der Waals surface area contributed by atoms with Gasteiger partial charge < -0.3 is 62.2 Å². The number of aromatic nitrogens is 2. The molecule has 2 saturated heterocycles. The van der Waals surface area contributed by atoms with Gasteiger partial charge >= 0.3 is 25.7 Å². The maximum Gasteiger partial charge on any atom is 0.701 e. The van der Waals surface area contributed by atoms with E-state index in [1.165, 1.54) is 6.07 Å². The largest absolute Gasteiger partial charge is 0.870 e. The van der Waals surface area contributed by atoms with Gasteiger partial charge in [-0.2, -0.15) is 4.98 Å². The molecule has 42 heavy (non-hydrogen) atoms. The summed E-state index contributed by atoms with van der Waals surface area (Å²) in [5.41, 5.74) is 9.83. The number of rotatable bonds is 13.